The molecule has 0 saturated carbocycles. The van der Waals surface area contributed by atoms with E-state index in [0.717, 1.165) is 94.4 Å². The Morgan fingerprint density at radius 1 is 0.935 bits per heavy atom. The number of nitrogens with zero attached hydrogens (tertiary/aromatic N) is 6. The first-order valence-corrected chi connectivity index (χ1v) is 16.5. The molecule has 2 aromatic carbocycles. The number of hydrogen-bond acceptors (Lipinski definition) is 5. The number of piperidine rings is 1. The number of benzene rings is 2. The molecule has 1 saturated heterocycles. The maximum Gasteiger partial charge on any atom is 0.165 e. The highest BCUT2D eigenvalue weighted by Gasteiger charge is 2.24. The Morgan fingerprint density at radius 2 is 1.74 bits per heavy atom. The predicted octanol–water partition coefficient (Wildman–Crippen LogP) is 8.57. The minimum Gasteiger partial charge on any atom is -0.299 e. The predicted molar refractivity (Wildman–Crippen MR) is 185 cm³/mol. The second kappa shape index (κ2) is 12.0. The molecule has 230 valence electrons. The molecule has 2 aliphatic rings. The standard InChI is InChI=1S/C38H36ClN7/c1-24-18-31(39)12-13-32(24)35-21-34(42-43-35)28-14-16-45(17-15-28)23-26-8-10-29(11-9-26)37-33(27-6-4-3-5-7-27)20-30-22-40-36-19-25(2)44-46(36)38(30)41-37/h3-13,19-22,24,28H,14-18,23H2,1-2H3,(H,42,43). The van der Waals surface area contributed by atoms with Gasteiger partial charge in [0.25, 0.3) is 0 Å². The van der Waals surface area contributed by atoms with Gasteiger partial charge in [0.05, 0.1) is 17.1 Å². The Bertz CT molecular complexity index is 2100. The largest absolute Gasteiger partial charge is 0.299 e. The number of pyridine rings is 1. The summed E-state index contributed by atoms with van der Waals surface area (Å²) < 4.78 is 1.85. The number of likely N-dealkylation sites (tertiary alicyclic amines) is 1. The first-order valence-electron chi connectivity index (χ1n) is 16.1. The van der Waals surface area contributed by atoms with Crippen molar-refractivity contribution in [1.82, 2.24) is 34.7 Å². The van der Waals surface area contributed by atoms with Crippen LogP contribution < -0.4 is 0 Å². The third-order valence-electron chi connectivity index (χ3n) is 9.50. The fraction of sp³-hybridized carbons (Fsp3) is 0.263. The van der Waals surface area contributed by atoms with Crippen molar-refractivity contribution in [1.29, 1.82) is 0 Å². The molecule has 8 rings (SSSR count). The van der Waals surface area contributed by atoms with Gasteiger partial charge in [-0.2, -0.15) is 14.7 Å². The van der Waals surface area contributed by atoms with Crippen molar-refractivity contribution in [3.8, 4) is 22.4 Å². The maximum absolute atomic E-state index is 6.24. The van der Waals surface area contributed by atoms with Crippen molar-refractivity contribution in [2.24, 2.45) is 5.92 Å². The number of aromatic nitrogens is 6. The Kier molecular flexibility index (Phi) is 7.51. The molecule has 8 heteroatoms. The van der Waals surface area contributed by atoms with Gasteiger partial charge >= 0.3 is 0 Å². The zero-order chi connectivity index (χ0) is 31.2. The summed E-state index contributed by atoms with van der Waals surface area (Å²) in [6.07, 6.45) is 9.16. The van der Waals surface area contributed by atoms with Crippen LogP contribution in [-0.2, 0) is 6.54 Å². The van der Waals surface area contributed by atoms with Crippen LogP contribution in [0.1, 0.15) is 54.7 Å². The first-order chi connectivity index (χ1) is 22.5. The lowest BCUT2D eigenvalue weighted by Crippen LogP contribution is -2.32. The molecule has 46 heavy (non-hydrogen) atoms. The number of halogens is 1. The van der Waals surface area contributed by atoms with E-state index in [1.54, 1.807) is 0 Å². The summed E-state index contributed by atoms with van der Waals surface area (Å²) in [5.74, 6) is 0.895. The lowest BCUT2D eigenvalue weighted by atomic mass is 9.89. The van der Waals surface area contributed by atoms with Gasteiger partial charge in [-0.15, -0.1) is 0 Å². The Hall–Kier alpha value is -4.59. The number of aromatic amines is 1. The molecule has 6 aromatic rings. The monoisotopic (exact) mass is 625 g/mol. The molecule has 0 amide bonds. The van der Waals surface area contributed by atoms with Gasteiger partial charge in [0.15, 0.2) is 11.3 Å². The van der Waals surface area contributed by atoms with E-state index in [1.165, 1.54) is 16.8 Å². The molecular formula is C38H36ClN7. The highest BCUT2D eigenvalue weighted by atomic mass is 35.5. The van der Waals surface area contributed by atoms with E-state index in [1.807, 2.05) is 35.8 Å². The lowest BCUT2D eigenvalue weighted by Gasteiger charge is -2.31. The molecule has 5 heterocycles. The zero-order valence-electron chi connectivity index (χ0n) is 26.1. The summed E-state index contributed by atoms with van der Waals surface area (Å²) in [6, 6.07) is 25.8. The van der Waals surface area contributed by atoms with Crippen molar-refractivity contribution in [3.05, 3.63) is 119 Å². The number of allylic oxidation sites excluding steroid dienone is 4. The smallest absolute Gasteiger partial charge is 0.165 e. The third-order valence-corrected chi connectivity index (χ3v) is 9.78. The highest BCUT2D eigenvalue weighted by molar-refractivity contribution is 6.30. The summed E-state index contributed by atoms with van der Waals surface area (Å²) in [6.45, 7) is 7.28. The molecule has 0 bridgehead atoms. The summed E-state index contributed by atoms with van der Waals surface area (Å²) >= 11 is 6.24. The van der Waals surface area contributed by atoms with Crippen LogP contribution in [0, 0.1) is 12.8 Å². The minimum atomic E-state index is 0.387. The molecule has 4 aromatic heterocycles. The molecule has 1 fully saturated rings. The molecule has 7 nitrogen and oxygen atoms in total. The van der Waals surface area contributed by atoms with E-state index in [9.17, 15) is 0 Å². The van der Waals surface area contributed by atoms with Crippen LogP contribution in [0.25, 0.3) is 44.6 Å². The second-order valence-electron chi connectivity index (χ2n) is 12.8. The van der Waals surface area contributed by atoms with Crippen molar-refractivity contribution in [2.75, 3.05) is 13.1 Å². The van der Waals surface area contributed by atoms with Crippen LogP contribution in [0.3, 0.4) is 0 Å². The number of nitrogens with one attached hydrogen (secondary N) is 1. The SMILES string of the molecule is Cc1cc2ncc3cc(-c4ccccc4)c(-c4ccc(CN5CCC(c6cc(C7=CC=C(Cl)CC7C)n[nH]6)CC5)cc4)nc3n2n1. The minimum absolute atomic E-state index is 0.387. The summed E-state index contributed by atoms with van der Waals surface area (Å²) in [5, 5.41) is 14.6. The quantitative estimate of drug-likeness (QED) is 0.201. The van der Waals surface area contributed by atoms with Crippen molar-refractivity contribution in [2.45, 2.75) is 45.6 Å². The van der Waals surface area contributed by atoms with Crippen LogP contribution in [0.4, 0.5) is 0 Å². The maximum atomic E-state index is 6.24. The number of rotatable bonds is 6. The van der Waals surface area contributed by atoms with Crippen molar-refractivity contribution < 1.29 is 0 Å². The molecule has 1 aliphatic carbocycles. The summed E-state index contributed by atoms with van der Waals surface area (Å²) in [4.78, 5) is 12.4. The van der Waals surface area contributed by atoms with Crippen molar-refractivity contribution >= 4 is 33.9 Å². The zero-order valence-corrected chi connectivity index (χ0v) is 26.9. The number of fused-ring (bicyclic) bond motifs is 3. The van der Waals surface area contributed by atoms with Gasteiger partial charge in [-0.3, -0.25) is 10.00 Å². The normalized spacial score (nSPS) is 17.8. The fourth-order valence-corrected chi connectivity index (χ4v) is 7.28. The van der Waals surface area contributed by atoms with Gasteiger partial charge in [0, 0.05) is 52.0 Å². The fourth-order valence-electron chi connectivity index (χ4n) is 6.99. The van der Waals surface area contributed by atoms with Crippen molar-refractivity contribution in [3.63, 3.8) is 0 Å². The van der Waals surface area contributed by atoms with Gasteiger partial charge in [0.2, 0.25) is 0 Å². The third kappa shape index (κ3) is 5.54. The van der Waals surface area contributed by atoms with Gasteiger partial charge in [0.1, 0.15) is 0 Å². The number of H-pyrrole nitrogens is 1. The van der Waals surface area contributed by atoms with Crippen LogP contribution >= 0.6 is 11.6 Å². The van der Waals surface area contributed by atoms with E-state index in [0.29, 0.717) is 11.8 Å². The van der Waals surface area contributed by atoms with E-state index in [4.69, 9.17) is 16.6 Å². The van der Waals surface area contributed by atoms with Crippen LogP contribution in [0.15, 0.2) is 96.2 Å². The Balaban J connectivity index is 0.996. The molecule has 0 spiro atoms. The van der Waals surface area contributed by atoms with Gasteiger partial charge < -0.3 is 0 Å². The molecule has 1 atom stereocenters. The van der Waals surface area contributed by atoms with E-state index in [2.05, 4.69) is 98.8 Å². The first kappa shape index (κ1) is 28.9. The number of hydrogen-bond donors (Lipinski definition) is 1. The second-order valence-corrected chi connectivity index (χ2v) is 13.3. The average molecular weight is 626 g/mol. The van der Waals surface area contributed by atoms with E-state index < -0.39 is 0 Å². The molecule has 1 aliphatic heterocycles. The van der Waals surface area contributed by atoms with Crippen LogP contribution in [0.2, 0.25) is 0 Å². The molecular weight excluding hydrogens is 590 g/mol. The molecule has 1 N–H and O–H groups in total. The van der Waals surface area contributed by atoms with Gasteiger partial charge in [-0.25, -0.2) is 9.97 Å². The summed E-state index contributed by atoms with van der Waals surface area (Å²) in [7, 11) is 0. The Morgan fingerprint density at radius 3 is 2.52 bits per heavy atom. The van der Waals surface area contributed by atoms with Gasteiger partial charge in [-0.05, 0) is 80.1 Å². The molecule has 0 radical (unpaired) electrons. The van der Waals surface area contributed by atoms with E-state index in [-0.39, 0.29) is 0 Å². The highest BCUT2D eigenvalue weighted by Crippen LogP contribution is 2.36. The van der Waals surface area contributed by atoms with Crippen LogP contribution in [-0.4, -0.2) is 47.8 Å². The lowest BCUT2D eigenvalue weighted by molar-refractivity contribution is 0.203. The van der Waals surface area contributed by atoms with E-state index >= 15 is 0 Å². The Labute approximate surface area is 273 Å². The topological polar surface area (TPSA) is 75.0 Å². The van der Waals surface area contributed by atoms with Gasteiger partial charge in [-0.1, -0.05) is 79.2 Å². The average Bonchev–Trinajstić information content (AvgIpc) is 3.72. The van der Waals surface area contributed by atoms with Crippen LogP contribution in [0.5, 0.6) is 0 Å². The number of aryl methyl sites for hydroxylation is 1. The molecule has 1 unspecified atom stereocenters. The summed E-state index contributed by atoms with van der Waals surface area (Å²) in [5.41, 5.74) is 11.7.